The predicted octanol–water partition coefficient (Wildman–Crippen LogP) is 2.00. The molecule has 0 radical (unpaired) electrons. The average Bonchev–Trinajstić information content (AvgIpc) is 2.92. The Morgan fingerprint density at radius 1 is 1.10 bits per heavy atom. The largest absolute Gasteiger partial charge is 0.493 e. The van der Waals surface area contributed by atoms with Crippen molar-refractivity contribution in [2.75, 3.05) is 20.0 Å². The Bertz CT molecular complexity index is 767. The van der Waals surface area contributed by atoms with Crippen LogP contribution in [0, 0.1) is 0 Å². The molecule has 3 aromatic rings. The maximum atomic E-state index is 5.81. The van der Waals surface area contributed by atoms with Crippen molar-refractivity contribution in [3.63, 3.8) is 0 Å². The zero-order valence-electron chi connectivity index (χ0n) is 11.2. The van der Waals surface area contributed by atoms with Crippen molar-refractivity contribution in [2.45, 2.75) is 0 Å². The molecule has 0 unspecified atom stereocenters. The van der Waals surface area contributed by atoms with E-state index in [4.69, 9.17) is 15.2 Å². The van der Waals surface area contributed by atoms with Gasteiger partial charge in [0.15, 0.2) is 23.0 Å². The minimum Gasteiger partial charge on any atom is -0.493 e. The summed E-state index contributed by atoms with van der Waals surface area (Å²) in [4.78, 5) is 8.32. The van der Waals surface area contributed by atoms with E-state index in [0.29, 0.717) is 23.0 Å². The van der Waals surface area contributed by atoms with Gasteiger partial charge in [0.2, 0.25) is 0 Å². The second-order valence-corrected chi connectivity index (χ2v) is 4.22. The third-order valence-corrected chi connectivity index (χ3v) is 3.13. The lowest BCUT2D eigenvalue weighted by atomic mass is 10.1. The van der Waals surface area contributed by atoms with E-state index in [1.807, 2.05) is 28.8 Å². The van der Waals surface area contributed by atoms with Crippen LogP contribution < -0.4 is 15.2 Å². The standard InChI is InChI=1S/C14H14N4O2/c1-19-11-4-3-9(7-12(11)20-2)10-8-17-14-13(15)16-5-6-18(10)14/h3-8H,1-2H3,(H2,15,16). The fourth-order valence-corrected chi connectivity index (χ4v) is 2.15. The second-order valence-electron chi connectivity index (χ2n) is 4.22. The number of aromatic nitrogens is 3. The number of fused-ring (bicyclic) bond motifs is 1. The molecule has 20 heavy (non-hydrogen) atoms. The van der Waals surface area contributed by atoms with Gasteiger partial charge in [-0.3, -0.25) is 4.40 Å². The number of nitrogen functional groups attached to an aromatic ring is 1. The maximum absolute atomic E-state index is 5.81. The van der Waals surface area contributed by atoms with Gasteiger partial charge in [0.05, 0.1) is 26.1 Å². The number of nitrogens with zero attached hydrogens (tertiary/aromatic N) is 3. The van der Waals surface area contributed by atoms with Crippen LogP contribution in [0.5, 0.6) is 11.5 Å². The van der Waals surface area contributed by atoms with Gasteiger partial charge < -0.3 is 15.2 Å². The number of anilines is 1. The van der Waals surface area contributed by atoms with Crippen LogP contribution in [-0.4, -0.2) is 28.6 Å². The lowest BCUT2D eigenvalue weighted by Gasteiger charge is -2.09. The summed E-state index contributed by atoms with van der Waals surface area (Å²) < 4.78 is 12.4. The first-order chi connectivity index (χ1) is 9.74. The highest BCUT2D eigenvalue weighted by Crippen LogP contribution is 2.32. The Morgan fingerprint density at radius 3 is 2.65 bits per heavy atom. The molecule has 1 aromatic carbocycles. The highest BCUT2D eigenvalue weighted by atomic mass is 16.5. The van der Waals surface area contributed by atoms with Crippen LogP contribution >= 0.6 is 0 Å². The molecule has 0 bridgehead atoms. The Labute approximate surface area is 115 Å². The Balaban J connectivity index is 2.18. The molecule has 0 aliphatic carbocycles. The minimum atomic E-state index is 0.402. The summed E-state index contributed by atoms with van der Waals surface area (Å²) in [6.45, 7) is 0. The lowest BCUT2D eigenvalue weighted by Crippen LogP contribution is -1.97. The van der Waals surface area contributed by atoms with Gasteiger partial charge in [-0.1, -0.05) is 0 Å². The van der Waals surface area contributed by atoms with Crippen molar-refractivity contribution in [3.05, 3.63) is 36.8 Å². The van der Waals surface area contributed by atoms with E-state index >= 15 is 0 Å². The molecular formula is C14H14N4O2. The highest BCUT2D eigenvalue weighted by Gasteiger charge is 2.11. The van der Waals surface area contributed by atoms with E-state index in [2.05, 4.69) is 9.97 Å². The molecule has 0 spiro atoms. The van der Waals surface area contributed by atoms with Crippen LogP contribution in [0.25, 0.3) is 16.9 Å². The molecule has 0 saturated heterocycles. The fourth-order valence-electron chi connectivity index (χ4n) is 2.15. The topological polar surface area (TPSA) is 74.7 Å². The van der Waals surface area contributed by atoms with E-state index in [9.17, 15) is 0 Å². The Morgan fingerprint density at radius 2 is 1.90 bits per heavy atom. The quantitative estimate of drug-likeness (QED) is 0.787. The van der Waals surface area contributed by atoms with Crippen molar-refractivity contribution in [3.8, 4) is 22.8 Å². The highest BCUT2D eigenvalue weighted by molar-refractivity contribution is 5.70. The first kappa shape index (κ1) is 12.3. The summed E-state index contributed by atoms with van der Waals surface area (Å²) in [6.07, 6.45) is 5.23. The van der Waals surface area contributed by atoms with Crippen LogP contribution in [-0.2, 0) is 0 Å². The summed E-state index contributed by atoms with van der Waals surface area (Å²) >= 11 is 0. The van der Waals surface area contributed by atoms with Gasteiger partial charge in [-0.15, -0.1) is 0 Å². The van der Waals surface area contributed by atoms with E-state index < -0.39 is 0 Å². The number of hydrogen-bond donors (Lipinski definition) is 1. The van der Waals surface area contributed by atoms with Gasteiger partial charge in [0.1, 0.15) is 0 Å². The van der Waals surface area contributed by atoms with Crippen LogP contribution in [0.4, 0.5) is 5.82 Å². The van der Waals surface area contributed by atoms with Crippen molar-refractivity contribution in [2.24, 2.45) is 0 Å². The van der Waals surface area contributed by atoms with E-state index in [0.717, 1.165) is 11.3 Å². The summed E-state index contributed by atoms with van der Waals surface area (Å²) in [5, 5.41) is 0. The van der Waals surface area contributed by atoms with Crippen molar-refractivity contribution in [1.29, 1.82) is 0 Å². The van der Waals surface area contributed by atoms with Crippen molar-refractivity contribution < 1.29 is 9.47 Å². The first-order valence-electron chi connectivity index (χ1n) is 6.04. The molecule has 2 N–H and O–H groups in total. The molecule has 6 heteroatoms. The molecule has 2 heterocycles. The molecule has 0 aliphatic rings. The van der Waals surface area contributed by atoms with Gasteiger partial charge in [0.25, 0.3) is 0 Å². The fraction of sp³-hybridized carbons (Fsp3) is 0.143. The molecule has 0 fully saturated rings. The van der Waals surface area contributed by atoms with E-state index in [1.54, 1.807) is 26.6 Å². The predicted molar refractivity (Wildman–Crippen MR) is 75.9 cm³/mol. The number of methoxy groups -OCH3 is 2. The van der Waals surface area contributed by atoms with Gasteiger partial charge in [0, 0.05) is 18.0 Å². The Hall–Kier alpha value is -2.76. The Kier molecular flexibility index (Phi) is 2.90. The lowest BCUT2D eigenvalue weighted by molar-refractivity contribution is 0.355. The molecule has 0 amide bonds. The van der Waals surface area contributed by atoms with Crippen molar-refractivity contribution >= 4 is 11.5 Å². The van der Waals surface area contributed by atoms with Crippen LogP contribution in [0.3, 0.4) is 0 Å². The SMILES string of the molecule is COc1ccc(-c2cnc3c(N)nccn23)cc1OC. The zero-order valence-corrected chi connectivity index (χ0v) is 11.2. The summed E-state index contributed by atoms with van der Waals surface area (Å²) in [7, 11) is 3.22. The smallest absolute Gasteiger partial charge is 0.180 e. The third-order valence-electron chi connectivity index (χ3n) is 3.13. The number of ether oxygens (including phenoxy) is 2. The third kappa shape index (κ3) is 1.82. The van der Waals surface area contributed by atoms with Crippen LogP contribution in [0.2, 0.25) is 0 Å². The molecular weight excluding hydrogens is 256 g/mol. The first-order valence-corrected chi connectivity index (χ1v) is 6.04. The number of imidazole rings is 1. The molecule has 0 saturated carbocycles. The summed E-state index contributed by atoms with van der Waals surface area (Å²) in [5.41, 5.74) is 8.32. The zero-order chi connectivity index (χ0) is 14.1. The number of benzene rings is 1. The maximum Gasteiger partial charge on any atom is 0.180 e. The van der Waals surface area contributed by atoms with Gasteiger partial charge >= 0.3 is 0 Å². The van der Waals surface area contributed by atoms with Gasteiger partial charge in [-0.2, -0.15) is 0 Å². The average molecular weight is 270 g/mol. The monoisotopic (exact) mass is 270 g/mol. The summed E-state index contributed by atoms with van der Waals surface area (Å²) in [5.74, 6) is 1.76. The van der Waals surface area contributed by atoms with Crippen LogP contribution in [0.1, 0.15) is 0 Å². The minimum absolute atomic E-state index is 0.402. The molecule has 0 aliphatic heterocycles. The molecule has 2 aromatic heterocycles. The number of hydrogen-bond acceptors (Lipinski definition) is 5. The number of nitrogens with two attached hydrogens (primary N) is 1. The van der Waals surface area contributed by atoms with Gasteiger partial charge in [-0.25, -0.2) is 9.97 Å². The van der Waals surface area contributed by atoms with E-state index in [1.165, 1.54) is 0 Å². The molecule has 6 nitrogen and oxygen atoms in total. The normalized spacial score (nSPS) is 10.7. The van der Waals surface area contributed by atoms with Gasteiger partial charge in [-0.05, 0) is 18.2 Å². The van der Waals surface area contributed by atoms with Crippen LogP contribution in [0.15, 0.2) is 36.8 Å². The number of rotatable bonds is 3. The molecule has 102 valence electrons. The molecule has 0 atom stereocenters. The second kappa shape index (κ2) is 4.73. The van der Waals surface area contributed by atoms with E-state index in [-0.39, 0.29) is 0 Å². The summed E-state index contributed by atoms with van der Waals surface area (Å²) in [6, 6.07) is 5.71. The molecule has 3 rings (SSSR count). The van der Waals surface area contributed by atoms with Crippen molar-refractivity contribution in [1.82, 2.24) is 14.4 Å².